The number of aromatic nitrogens is 2. The van der Waals surface area contributed by atoms with E-state index in [9.17, 15) is 14.4 Å². The fraction of sp³-hybridized carbons (Fsp3) is 0.167. The van der Waals surface area contributed by atoms with Gasteiger partial charge in [0.05, 0.1) is 19.4 Å². The molecule has 3 aromatic rings. The summed E-state index contributed by atoms with van der Waals surface area (Å²) in [6.07, 6.45) is 4.43. The van der Waals surface area contributed by atoms with Gasteiger partial charge in [0.2, 0.25) is 0 Å². The number of ketones is 1. The summed E-state index contributed by atoms with van der Waals surface area (Å²) in [5.41, 5.74) is 1.54. The largest absolute Gasteiger partial charge is 0.493 e. The monoisotopic (exact) mass is 450 g/mol. The van der Waals surface area contributed by atoms with E-state index in [1.165, 1.54) is 42.1 Å². The second kappa shape index (κ2) is 10.8. The average Bonchev–Trinajstić information content (AvgIpc) is 3.26. The number of methoxy groups -OCH3 is 1. The van der Waals surface area contributed by atoms with Gasteiger partial charge in [-0.15, -0.1) is 0 Å². The Morgan fingerprint density at radius 3 is 2.52 bits per heavy atom. The van der Waals surface area contributed by atoms with E-state index in [0.29, 0.717) is 11.1 Å². The molecule has 9 nitrogen and oxygen atoms in total. The maximum absolute atomic E-state index is 12.7. The van der Waals surface area contributed by atoms with Crippen LogP contribution < -0.4 is 9.47 Å². The minimum Gasteiger partial charge on any atom is -0.493 e. The summed E-state index contributed by atoms with van der Waals surface area (Å²) in [5.74, 6) is -1.66. The number of para-hydroxylation sites is 1. The molecule has 0 saturated heterocycles. The molecule has 0 bridgehead atoms. The molecule has 0 amide bonds. The number of aliphatic carboxylic acids is 1. The Hall–Kier alpha value is -4.40. The van der Waals surface area contributed by atoms with Crippen LogP contribution >= 0.6 is 0 Å². The van der Waals surface area contributed by atoms with Crippen LogP contribution in [0.25, 0.3) is 11.8 Å². The zero-order valence-corrected chi connectivity index (χ0v) is 18.1. The van der Waals surface area contributed by atoms with Crippen molar-refractivity contribution in [3.63, 3.8) is 0 Å². The molecule has 9 heteroatoms. The van der Waals surface area contributed by atoms with E-state index in [2.05, 4.69) is 5.10 Å². The molecular weight excluding hydrogens is 428 g/mol. The van der Waals surface area contributed by atoms with Gasteiger partial charge in [-0.05, 0) is 49.4 Å². The molecule has 0 unspecified atom stereocenters. The molecule has 0 aliphatic carbocycles. The number of benzene rings is 2. The highest BCUT2D eigenvalue weighted by Gasteiger charge is 2.18. The van der Waals surface area contributed by atoms with Crippen molar-refractivity contribution in [2.24, 2.45) is 0 Å². The Kier molecular flexibility index (Phi) is 7.59. The Balaban J connectivity index is 1.87. The van der Waals surface area contributed by atoms with Crippen LogP contribution in [0.15, 0.2) is 60.8 Å². The third kappa shape index (κ3) is 5.85. The van der Waals surface area contributed by atoms with Crippen LogP contribution in [0, 0.1) is 0 Å². The zero-order valence-electron chi connectivity index (χ0n) is 18.1. The Morgan fingerprint density at radius 1 is 1.09 bits per heavy atom. The first kappa shape index (κ1) is 23.3. The number of esters is 1. The van der Waals surface area contributed by atoms with E-state index in [1.54, 1.807) is 13.1 Å². The number of carbonyl (C=O) groups excluding carboxylic acids is 2. The lowest BCUT2D eigenvalue weighted by Crippen LogP contribution is -2.10. The lowest BCUT2D eigenvalue weighted by atomic mass is 10.1. The summed E-state index contributed by atoms with van der Waals surface area (Å²) < 4.78 is 17.0. The number of hydrogen-bond acceptors (Lipinski definition) is 7. The first-order chi connectivity index (χ1) is 15.9. The van der Waals surface area contributed by atoms with Crippen molar-refractivity contribution in [1.29, 1.82) is 0 Å². The molecule has 2 aromatic carbocycles. The van der Waals surface area contributed by atoms with Gasteiger partial charge in [0.1, 0.15) is 0 Å². The highest BCUT2D eigenvalue weighted by molar-refractivity contribution is 6.07. The van der Waals surface area contributed by atoms with E-state index in [-0.39, 0.29) is 29.6 Å². The van der Waals surface area contributed by atoms with E-state index in [0.717, 1.165) is 5.69 Å². The number of rotatable bonds is 10. The molecule has 1 heterocycles. The SMILES string of the molecule is CCOC(=O)c1nn(-c2ccccc2)cc1C=CC(=O)c1ccc(OCC(=O)O)c(OC)c1. The van der Waals surface area contributed by atoms with Crippen LogP contribution in [-0.2, 0) is 9.53 Å². The van der Waals surface area contributed by atoms with E-state index >= 15 is 0 Å². The minimum absolute atomic E-state index is 0.0831. The van der Waals surface area contributed by atoms with Crippen LogP contribution in [0.2, 0.25) is 0 Å². The lowest BCUT2D eigenvalue weighted by Gasteiger charge is -2.09. The van der Waals surface area contributed by atoms with Crippen molar-refractivity contribution < 1.29 is 33.7 Å². The first-order valence-electron chi connectivity index (χ1n) is 10.00. The summed E-state index contributed by atoms with van der Waals surface area (Å²) in [4.78, 5) is 35.8. The molecule has 1 N–H and O–H groups in total. The molecule has 170 valence electrons. The highest BCUT2D eigenvalue weighted by atomic mass is 16.5. The molecule has 0 fully saturated rings. The van der Waals surface area contributed by atoms with Gasteiger partial charge in [-0.3, -0.25) is 4.79 Å². The fourth-order valence-electron chi connectivity index (χ4n) is 2.92. The molecule has 0 radical (unpaired) electrons. The number of allylic oxidation sites excluding steroid dienone is 1. The van der Waals surface area contributed by atoms with Crippen LogP contribution in [0.4, 0.5) is 0 Å². The number of carboxylic acid groups (broad SMARTS) is 1. The molecule has 3 rings (SSSR count). The Bertz CT molecular complexity index is 1180. The smallest absolute Gasteiger partial charge is 0.359 e. The topological polar surface area (TPSA) is 117 Å². The summed E-state index contributed by atoms with van der Waals surface area (Å²) in [6, 6.07) is 13.6. The Labute approximate surface area is 189 Å². The highest BCUT2D eigenvalue weighted by Crippen LogP contribution is 2.28. The number of hydrogen-bond donors (Lipinski definition) is 1. The van der Waals surface area contributed by atoms with E-state index in [4.69, 9.17) is 19.3 Å². The number of carbonyl (C=O) groups is 3. The number of nitrogens with zero attached hydrogens (tertiary/aromatic N) is 2. The van der Waals surface area contributed by atoms with Crippen LogP contribution in [0.3, 0.4) is 0 Å². The van der Waals surface area contributed by atoms with Crippen molar-refractivity contribution >= 4 is 23.8 Å². The Morgan fingerprint density at radius 2 is 1.85 bits per heavy atom. The maximum Gasteiger partial charge on any atom is 0.359 e. The average molecular weight is 450 g/mol. The number of carboxylic acids is 1. The van der Waals surface area contributed by atoms with Crippen LogP contribution in [-0.4, -0.2) is 52.9 Å². The zero-order chi connectivity index (χ0) is 23.8. The van der Waals surface area contributed by atoms with Gasteiger partial charge in [-0.2, -0.15) is 5.10 Å². The van der Waals surface area contributed by atoms with Gasteiger partial charge in [-0.1, -0.05) is 18.2 Å². The minimum atomic E-state index is -1.13. The van der Waals surface area contributed by atoms with Crippen LogP contribution in [0.1, 0.15) is 33.3 Å². The van der Waals surface area contributed by atoms with Gasteiger partial charge in [0.15, 0.2) is 29.6 Å². The summed E-state index contributed by atoms with van der Waals surface area (Å²) in [6.45, 7) is 1.35. The summed E-state index contributed by atoms with van der Waals surface area (Å²) >= 11 is 0. The predicted molar refractivity (Wildman–Crippen MR) is 119 cm³/mol. The standard InChI is InChI=1S/C24H22N2O7/c1-3-32-24(30)23-17(14-26(25-23)18-7-5-4-6-8-18)9-11-19(27)16-10-12-20(21(13-16)31-2)33-15-22(28)29/h4-14H,3,15H2,1-2H3,(H,28,29). The van der Waals surface area contributed by atoms with E-state index in [1.807, 2.05) is 30.3 Å². The first-order valence-corrected chi connectivity index (χ1v) is 10.00. The fourth-order valence-corrected chi connectivity index (χ4v) is 2.92. The molecular formula is C24H22N2O7. The van der Waals surface area contributed by atoms with E-state index < -0.39 is 18.5 Å². The third-order valence-electron chi connectivity index (χ3n) is 4.45. The lowest BCUT2D eigenvalue weighted by molar-refractivity contribution is -0.139. The van der Waals surface area contributed by atoms with Crippen molar-refractivity contribution in [2.75, 3.05) is 20.3 Å². The molecule has 0 saturated carbocycles. The van der Waals surface area contributed by atoms with Gasteiger partial charge in [0, 0.05) is 17.3 Å². The molecule has 1 aromatic heterocycles. The van der Waals surface area contributed by atoms with Crippen molar-refractivity contribution in [3.05, 3.63) is 77.6 Å². The maximum atomic E-state index is 12.7. The third-order valence-corrected chi connectivity index (χ3v) is 4.45. The summed E-state index contributed by atoms with van der Waals surface area (Å²) in [5, 5.41) is 13.1. The van der Waals surface area contributed by atoms with Crippen molar-refractivity contribution in [3.8, 4) is 17.2 Å². The van der Waals surface area contributed by atoms with Gasteiger partial charge in [-0.25, -0.2) is 14.3 Å². The second-order valence-electron chi connectivity index (χ2n) is 6.68. The molecule has 33 heavy (non-hydrogen) atoms. The van der Waals surface area contributed by atoms with Crippen molar-refractivity contribution in [2.45, 2.75) is 6.92 Å². The predicted octanol–water partition coefficient (Wildman–Crippen LogP) is 3.42. The van der Waals surface area contributed by atoms with Crippen molar-refractivity contribution in [1.82, 2.24) is 9.78 Å². The van der Waals surface area contributed by atoms with Gasteiger partial charge < -0.3 is 19.3 Å². The molecule has 0 aliphatic heterocycles. The quantitative estimate of drug-likeness (QED) is 0.284. The summed E-state index contributed by atoms with van der Waals surface area (Å²) in [7, 11) is 1.39. The molecule has 0 aliphatic rings. The number of ether oxygens (including phenoxy) is 3. The van der Waals surface area contributed by atoms with Gasteiger partial charge >= 0.3 is 11.9 Å². The van der Waals surface area contributed by atoms with Crippen LogP contribution in [0.5, 0.6) is 11.5 Å². The molecule has 0 atom stereocenters. The normalized spacial score (nSPS) is 10.7. The van der Waals surface area contributed by atoms with Gasteiger partial charge in [0.25, 0.3) is 0 Å². The molecule has 0 spiro atoms. The second-order valence-corrected chi connectivity index (χ2v) is 6.68.